The molecule has 0 atom stereocenters. The molecule has 0 saturated heterocycles. The number of nitrogens with zero attached hydrogens (tertiary/aromatic N) is 3. The molecule has 2 aromatic rings. The van der Waals surface area contributed by atoms with E-state index in [0.717, 1.165) is 17.2 Å². The second-order valence-electron chi connectivity index (χ2n) is 6.46. The van der Waals surface area contributed by atoms with Gasteiger partial charge in [0.05, 0.1) is 18.2 Å². The van der Waals surface area contributed by atoms with Crippen molar-refractivity contribution in [1.82, 2.24) is 4.98 Å². The molecule has 7 nitrogen and oxygen atoms in total. The summed E-state index contributed by atoms with van der Waals surface area (Å²) in [5, 5.41) is 21.2. The maximum Gasteiger partial charge on any atom is 0.433 e. The maximum atomic E-state index is 12.9. The number of pyridine rings is 1. The van der Waals surface area contributed by atoms with E-state index in [9.17, 15) is 27.9 Å². The number of hydrogen-bond donors (Lipinski definition) is 2. The van der Waals surface area contributed by atoms with Gasteiger partial charge in [0.1, 0.15) is 5.69 Å². The zero-order chi connectivity index (χ0) is 21.9. The van der Waals surface area contributed by atoms with Gasteiger partial charge in [0.15, 0.2) is 5.78 Å². The molecule has 0 spiro atoms. The number of hydrogen-bond acceptors (Lipinski definition) is 5. The van der Waals surface area contributed by atoms with Crippen LogP contribution in [0.15, 0.2) is 53.9 Å². The minimum atomic E-state index is -4.61. The van der Waals surface area contributed by atoms with E-state index in [1.807, 2.05) is 6.07 Å². The zero-order valence-electron chi connectivity index (χ0n) is 15.4. The number of anilines is 2. The van der Waals surface area contributed by atoms with Gasteiger partial charge in [-0.25, -0.2) is 4.79 Å². The lowest BCUT2D eigenvalue weighted by Crippen LogP contribution is -2.33. The molecule has 0 radical (unpaired) electrons. The molecule has 154 valence electrons. The highest BCUT2D eigenvalue weighted by atomic mass is 19.4. The summed E-state index contributed by atoms with van der Waals surface area (Å²) in [5.74, 6) is -0.289. The number of nitriles is 1. The van der Waals surface area contributed by atoms with Crippen molar-refractivity contribution in [2.75, 3.05) is 16.8 Å². The highest BCUT2D eigenvalue weighted by Gasteiger charge is 2.33. The van der Waals surface area contributed by atoms with Crippen LogP contribution in [-0.4, -0.2) is 28.5 Å². The Morgan fingerprint density at radius 3 is 2.53 bits per heavy atom. The van der Waals surface area contributed by atoms with Gasteiger partial charge < -0.3 is 10.4 Å². The molecule has 10 heteroatoms. The first kappa shape index (κ1) is 20.9. The molecule has 0 unspecified atom stereocenters. The molecule has 1 heterocycles. The number of Topliss-reactive ketones (excluding diaryl/α,β-unsaturated/α-hetero) is 1. The van der Waals surface area contributed by atoms with Gasteiger partial charge in [-0.15, -0.1) is 0 Å². The van der Waals surface area contributed by atoms with Gasteiger partial charge in [-0.3, -0.25) is 14.7 Å². The summed E-state index contributed by atoms with van der Waals surface area (Å²) < 4.78 is 38.6. The summed E-state index contributed by atoms with van der Waals surface area (Å²) in [6.07, 6.45) is -4.55. The lowest BCUT2D eigenvalue weighted by Gasteiger charge is -2.21. The van der Waals surface area contributed by atoms with E-state index >= 15 is 0 Å². The summed E-state index contributed by atoms with van der Waals surface area (Å²) in [7, 11) is 0. The third kappa shape index (κ3) is 4.57. The molecule has 0 aliphatic heterocycles. The number of benzene rings is 1. The fraction of sp³-hybridized carbons (Fsp3) is 0.200. The van der Waals surface area contributed by atoms with Crippen molar-refractivity contribution in [3.63, 3.8) is 0 Å². The number of carboxylic acid groups (broad SMARTS) is 1. The minimum Gasteiger partial charge on any atom is -0.465 e. The second-order valence-corrected chi connectivity index (χ2v) is 6.46. The molecular weight excluding hydrogens is 401 g/mol. The fourth-order valence-electron chi connectivity index (χ4n) is 3.01. The molecule has 1 aromatic heterocycles. The summed E-state index contributed by atoms with van der Waals surface area (Å²) in [5.41, 5.74) is 0.159. The van der Waals surface area contributed by atoms with Crippen molar-refractivity contribution < 1.29 is 27.9 Å². The van der Waals surface area contributed by atoms with Crippen LogP contribution in [0.1, 0.15) is 24.1 Å². The normalized spacial score (nSPS) is 13.9. The Morgan fingerprint density at radius 1 is 1.23 bits per heavy atom. The quantitative estimate of drug-likeness (QED) is 0.757. The maximum absolute atomic E-state index is 12.9. The van der Waals surface area contributed by atoms with Crippen molar-refractivity contribution in [3.8, 4) is 6.07 Å². The summed E-state index contributed by atoms with van der Waals surface area (Å²) in [6, 6.07) is 9.87. The number of halogens is 3. The van der Waals surface area contributed by atoms with Crippen molar-refractivity contribution in [1.29, 1.82) is 5.26 Å². The monoisotopic (exact) mass is 416 g/mol. The van der Waals surface area contributed by atoms with Crippen LogP contribution in [0.25, 0.3) is 0 Å². The Hall–Kier alpha value is -3.87. The number of carbonyl (C=O) groups is 2. The van der Waals surface area contributed by atoms with E-state index in [1.165, 1.54) is 30.3 Å². The van der Waals surface area contributed by atoms with Crippen LogP contribution < -0.4 is 10.2 Å². The topological polar surface area (TPSA) is 106 Å². The predicted octanol–water partition coefficient (Wildman–Crippen LogP) is 4.19. The SMILES string of the molecule is N#Cc1ccc(N(CC2=C(Nc3ccnc(C(F)(F)F)c3)CCC2=O)C(=O)O)cc1. The molecule has 1 aliphatic carbocycles. The smallest absolute Gasteiger partial charge is 0.433 e. The second kappa shape index (κ2) is 8.24. The highest BCUT2D eigenvalue weighted by Crippen LogP contribution is 2.31. The predicted molar refractivity (Wildman–Crippen MR) is 101 cm³/mol. The standard InChI is InChI=1S/C20H15F3N4O3/c21-20(22,23)18-9-13(7-8-25-18)26-16-5-6-17(28)15(16)11-27(19(29)30)14-3-1-12(10-24)2-4-14/h1-4,7-9H,5-6,11H2,(H,25,26)(H,29,30). The first-order valence-electron chi connectivity index (χ1n) is 8.75. The van der Waals surface area contributed by atoms with Gasteiger partial charge in [-0.1, -0.05) is 0 Å². The average Bonchev–Trinajstić information content (AvgIpc) is 3.04. The molecule has 3 rings (SSSR count). The molecule has 0 saturated carbocycles. The lowest BCUT2D eigenvalue weighted by atomic mass is 10.1. The van der Waals surface area contributed by atoms with Gasteiger partial charge in [0.2, 0.25) is 0 Å². The molecule has 1 amide bonds. The minimum absolute atomic E-state index is 0.0970. The van der Waals surface area contributed by atoms with Gasteiger partial charge in [-0.05, 0) is 42.8 Å². The van der Waals surface area contributed by atoms with Crippen molar-refractivity contribution in [2.45, 2.75) is 19.0 Å². The van der Waals surface area contributed by atoms with E-state index in [-0.39, 0.29) is 42.1 Å². The molecular formula is C20H15F3N4O3. The van der Waals surface area contributed by atoms with Crippen LogP contribution in [0.4, 0.5) is 29.3 Å². The number of allylic oxidation sites excluding steroid dienone is 1. The van der Waals surface area contributed by atoms with E-state index in [4.69, 9.17) is 5.26 Å². The molecule has 2 N–H and O–H groups in total. The third-order valence-corrected chi connectivity index (χ3v) is 4.50. The first-order valence-corrected chi connectivity index (χ1v) is 8.75. The first-order chi connectivity index (χ1) is 14.2. The van der Waals surface area contributed by atoms with Crippen LogP contribution in [0.2, 0.25) is 0 Å². The fourth-order valence-corrected chi connectivity index (χ4v) is 3.01. The van der Waals surface area contributed by atoms with Gasteiger partial charge in [0, 0.05) is 35.3 Å². The van der Waals surface area contributed by atoms with Crippen LogP contribution in [-0.2, 0) is 11.0 Å². The van der Waals surface area contributed by atoms with Crippen LogP contribution in [0.3, 0.4) is 0 Å². The van der Waals surface area contributed by atoms with E-state index in [1.54, 1.807) is 0 Å². The Morgan fingerprint density at radius 2 is 1.93 bits per heavy atom. The van der Waals surface area contributed by atoms with Gasteiger partial charge in [0.25, 0.3) is 0 Å². The van der Waals surface area contributed by atoms with Crippen LogP contribution >= 0.6 is 0 Å². The third-order valence-electron chi connectivity index (χ3n) is 4.50. The molecule has 0 fully saturated rings. The zero-order valence-corrected chi connectivity index (χ0v) is 15.4. The number of alkyl halides is 3. The van der Waals surface area contributed by atoms with Crippen LogP contribution in [0, 0.1) is 11.3 Å². The van der Waals surface area contributed by atoms with Crippen molar-refractivity contribution >= 4 is 23.3 Å². The Bertz CT molecular complexity index is 1060. The Labute approximate surface area is 169 Å². The molecule has 0 bridgehead atoms. The Balaban J connectivity index is 1.89. The van der Waals surface area contributed by atoms with Gasteiger partial charge in [-0.2, -0.15) is 18.4 Å². The molecule has 1 aliphatic rings. The lowest BCUT2D eigenvalue weighted by molar-refractivity contribution is -0.141. The van der Waals surface area contributed by atoms with E-state index in [0.29, 0.717) is 11.3 Å². The number of rotatable bonds is 5. The average molecular weight is 416 g/mol. The summed E-state index contributed by atoms with van der Waals surface area (Å²) in [4.78, 5) is 28.3. The number of carbonyl (C=O) groups excluding carboxylic acids is 1. The van der Waals surface area contributed by atoms with Gasteiger partial charge >= 0.3 is 12.3 Å². The number of nitrogens with one attached hydrogen (secondary N) is 1. The van der Waals surface area contributed by atoms with Crippen LogP contribution in [0.5, 0.6) is 0 Å². The van der Waals surface area contributed by atoms with Crippen molar-refractivity contribution in [2.24, 2.45) is 0 Å². The largest absolute Gasteiger partial charge is 0.465 e. The summed E-state index contributed by atoms with van der Waals surface area (Å²) >= 11 is 0. The molecule has 30 heavy (non-hydrogen) atoms. The molecule has 1 aromatic carbocycles. The highest BCUT2D eigenvalue weighted by molar-refractivity contribution is 6.02. The Kier molecular flexibility index (Phi) is 5.73. The van der Waals surface area contributed by atoms with Crippen molar-refractivity contribution in [3.05, 3.63) is 65.1 Å². The number of amides is 1. The van der Waals surface area contributed by atoms with E-state index < -0.39 is 18.0 Å². The number of aromatic nitrogens is 1. The number of ketones is 1. The summed E-state index contributed by atoms with van der Waals surface area (Å²) in [6.45, 7) is -0.278. The van der Waals surface area contributed by atoms with E-state index in [2.05, 4.69) is 10.3 Å².